The predicted octanol–water partition coefficient (Wildman–Crippen LogP) is 2.37. The van der Waals surface area contributed by atoms with E-state index in [0.717, 1.165) is 4.57 Å². The summed E-state index contributed by atoms with van der Waals surface area (Å²) in [7, 11) is 1.36. The number of carboxylic acid groups (broad SMARTS) is 2. The summed E-state index contributed by atoms with van der Waals surface area (Å²) in [6.07, 6.45) is 0.792. The Morgan fingerprint density at radius 3 is 2.43 bits per heavy atom. The fraction of sp³-hybridized carbons (Fsp3) is 0.316. The zero-order valence-electron chi connectivity index (χ0n) is 15.9. The summed E-state index contributed by atoms with van der Waals surface area (Å²) in [5, 5.41) is 23.2. The third kappa shape index (κ3) is 3.60. The average Bonchev–Trinajstić information content (AvgIpc) is 3.26. The van der Waals surface area contributed by atoms with Gasteiger partial charge in [0.05, 0.1) is 15.7 Å². The predicted molar refractivity (Wildman–Crippen MR) is 108 cm³/mol. The number of hydrogen-bond donors (Lipinski definition) is 4. The van der Waals surface area contributed by atoms with Crippen molar-refractivity contribution in [1.82, 2.24) is 9.88 Å². The number of carbonyl (C=O) groups excluding carboxylic acids is 1. The van der Waals surface area contributed by atoms with Crippen molar-refractivity contribution in [3.05, 3.63) is 50.8 Å². The van der Waals surface area contributed by atoms with E-state index in [1.807, 2.05) is 0 Å². The average molecular weight is 456 g/mol. The van der Waals surface area contributed by atoms with Crippen LogP contribution in [0.15, 0.2) is 18.2 Å². The zero-order chi connectivity index (χ0) is 22.2. The fourth-order valence-electron chi connectivity index (χ4n) is 3.79. The Hall–Kier alpha value is -2.75. The van der Waals surface area contributed by atoms with Gasteiger partial charge in [-0.15, -0.1) is 0 Å². The number of primary amides is 1. The van der Waals surface area contributed by atoms with Crippen molar-refractivity contribution in [3.8, 4) is 5.75 Å². The smallest absolute Gasteiger partial charge is 0.356 e. The molecule has 0 bridgehead atoms. The van der Waals surface area contributed by atoms with Crippen molar-refractivity contribution in [2.75, 3.05) is 6.54 Å². The van der Waals surface area contributed by atoms with Crippen LogP contribution in [0.1, 0.15) is 44.9 Å². The van der Waals surface area contributed by atoms with E-state index >= 15 is 0 Å². The molecule has 2 aromatic rings. The molecule has 1 saturated heterocycles. The molecular weight excluding hydrogens is 437 g/mol. The minimum Gasteiger partial charge on any atom is -0.485 e. The van der Waals surface area contributed by atoms with Crippen LogP contribution in [0, 0.1) is 0 Å². The maximum atomic E-state index is 12.3. The molecule has 0 saturated carbocycles. The van der Waals surface area contributed by atoms with Gasteiger partial charge in [0.15, 0.2) is 11.4 Å². The van der Waals surface area contributed by atoms with Gasteiger partial charge in [0.2, 0.25) is 5.91 Å². The van der Waals surface area contributed by atoms with Crippen LogP contribution >= 0.6 is 23.2 Å². The normalized spacial score (nSPS) is 18.4. The monoisotopic (exact) mass is 455 g/mol. The fourth-order valence-corrected chi connectivity index (χ4v) is 4.12. The minimum absolute atomic E-state index is 0.0541. The van der Waals surface area contributed by atoms with Gasteiger partial charge in [0.25, 0.3) is 0 Å². The standard InChI is InChI=1S/C19H19Cl2N3O6/c1-24-13(17(27)28)14(30-8-9-3-4-10(20)11(21)7-9)12(16(25)26)15(24)19(18(22)29)5-2-6-23-19/h3-4,7,23H,2,5-6,8H2,1H3,(H2,22,29)(H,25,26)(H,27,28). The van der Waals surface area contributed by atoms with Gasteiger partial charge in [-0.2, -0.15) is 0 Å². The lowest BCUT2D eigenvalue weighted by molar-refractivity contribution is -0.124. The molecule has 11 heteroatoms. The maximum Gasteiger partial charge on any atom is 0.356 e. The van der Waals surface area contributed by atoms with Gasteiger partial charge in [-0.05, 0) is 37.1 Å². The molecule has 1 aliphatic heterocycles. The Labute approximate surface area is 181 Å². The van der Waals surface area contributed by atoms with Crippen LogP contribution in [0.4, 0.5) is 0 Å². The summed E-state index contributed by atoms with van der Waals surface area (Å²) in [6, 6.07) is 4.68. The first-order valence-electron chi connectivity index (χ1n) is 8.91. The first-order valence-corrected chi connectivity index (χ1v) is 9.67. The highest BCUT2D eigenvalue weighted by Gasteiger charge is 2.48. The molecule has 1 aliphatic rings. The van der Waals surface area contributed by atoms with Gasteiger partial charge in [0.1, 0.15) is 17.7 Å². The minimum atomic E-state index is -1.52. The number of carbonyl (C=O) groups is 3. The summed E-state index contributed by atoms with van der Waals surface area (Å²) in [4.78, 5) is 36.4. The Morgan fingerprint density at radius 2 is 1.93 bits per heavy atom. The van der Waals surface area contributed by atoms with E-state index < -0.39 is 34.6 Å². The summed E-state index contributed by atoms with van der Waals surface area (Å²) < 4.78 is 6.79. The number of ether oxygens (including phenoxy) is 1. The Balaban J connectivity index is 2.16. The third-order valence-electron chi connectivity index (χ3n) is 5.11. The molecule has 2 heterocycles. The number of nitrogens with zero attached hydrogens (tertiary/aromatic N) is 1. The van der Waals surface area contributed by atoms with Gasteiger partial charge in [-0.3, -0.25) is 10.1 Å². The van der Waals surface area contributed by atoms with Gasteiger partial charge in [-0.1, -0.05) is 29.3 Å². The van der Waals surface area contributed by atoms with E-state index in [1.165, 1.54) is 13.1 Å². The van der Waals surface area contributed by atoms with Crippen LogP contribution in [-0.4, -0.2) is 39.2 Å². The molecule has 0 spiro atoms. The first-order chi connectivity index (χ1) is 14.1. The molecule has 1 amide bonds. The van der Waals surface area contributed by atoms with E-state index in [2.05, 4.69) is 5.32 Å². The quantitative estimate of drug-likeness (QED) is 0.501. The molecular formula is C19H19Cl2N3O6. The number of benzene rings is 1. The van der Waals surface area contributed by atoms with Crippen molar-refractivity contribution in [2.45, 2.75) is 25.0 Å². The van der Waals surface area contributed by atoms with Gasteiger partial charge >= 0.3 is 11.9 Å². The van der Waals surface area contributed by atoms with Crippen LogP contribution in [0.25, 0.3) is 0 Å². The second-order valence-corrected chi connectivity index (χ2v) is 7.72. The van der Waals surface area contributed by atoms with E-state index in [1.54, 1.807) is 12.1 Å². The molecule has 0 radical (unpaired) electrons. The highest BCUT2D eigenvalue weighted by molar-refractivity contribution is 6.42. The molecule has 160 valence electrons. The van der Waals surface area contributed by atoms with Gasteiger partial charge in [0, 0.05) is 7.05 Å². The molecule has 1 unspecified atom stereocenters. The van der Waals surface area contributed by atoms with E-state index in [9.17, 15) is 24.6 Å². The van der Waals surface area contributed by atoms with Crippen molar-refractivity contribution in [3.63, 3.8) is 0 Å². The molecule has 0 aliphatic carbocycles. The molecule has 5 N–H and O–H groups in total. The topological polar surface area (TPSA) is 144 Å². The van der Waals surface area contributed by atoms with Crippen LogP contribution in [0.5, 0.6) is 5.75 Å². The number of rotatable bonds is 7. The number of aromatic nitrogens is 1. The van der Waals surface area contributed by atoms with Gasteiger partial charge < -0.3 is 25.3 Å². The zero-order valence-corrected chi connectivity index (χ0v) is 17.4. The Morgan fingerprint density at radius 1 is 1.23 bits per heavy atom. The lowest BCUT2D eigenvalue weighted by atomic mass is 9.89. The maximum absolute atomic E-state index is 12.3. The summed E-state index contributed by atoms with van der Waals surface area (Å²) in [5.74, 6) is -4.01. The number of carboxylic acids is 2. The Bertz CT molecular complexity index is 1040. The number of aromatic carboxylic acids is 2. The summed E-state index contributed by atoms with van der Waals surface area (Å²) in [5.41, 5.74) is 3.75. The van der Waals surface area contributed by atoms with E-state index in [0.29, 0.717) is 23.6 Å². The molecule has 1 fully saturated rings. The highest BCUT2D eigenvalue weighted by atomic mass is 35.5. The molecule has 3 rings (SSSR count). The lowest BCUT2D eigenvalue weighted by Gasteiger charge is -2.27. The highest BCUT2D eigenvalue weighted by Crippen LogP contribution is 2.41. The molecule has 1 atom stereocenters. The lowest BCUT2D eigenvalue weighted by Crippen LogP contribution is -2.50. The second-order valence-electron chi connectivity index (χ2n) is 6.91. The molecule has 30 heavy (non-hydrogen) atoms. The van der Waals surface area contributed by atoms with E-state index in [-0.39, 0.29) is 29.5 Å². The van der Waals surface area contributed by atoms with Crippen molar-refractivity contribution in [2.24, 2.45) is 12.8 Å². The second kappa shape index (κ2) is 8.17. The van der Waals surface area contributed by atoms with Crippen LogP contribution in [0.2, 0.25) is 10.0 Å². The van der Waals surface area contributed by atoms with Crippen LogP contribution in [-0.2, 0) is 24.0 Å². The molecule has 1 aromatic carbocycles. The van der Waals surface area contributed by atoms with Crippen LogP contribution < -0.4 is 15.8 Å². The number of halogens is 2. The van der Waals surface area contributed by atoms with E-state index in [4.69, 9.17) is 33.7 Å². The first kappa shape index (κ1) is 21.9. The van der Waals surface area contributed by atoms with Crippen molar-refractivity contribution in [1.29, 1.82) is 0 Å². The number of hydrogen-bond acceptors (Lipinski definition) is 5. The SMILES string of the molecule is Cn1c(C(=O)O)c(OCc2ccc(Cl)c(Cl)c2)c(C(=O)O)c1C1(C(N)=O)CCCN1. The number of nitrogens with two attached hydrogens (primary N) is 1. The number of amides is 1. The summed E-state index contributed by atoms with van der Waals surface area (Å²) in [6.45, 7) is 0.257. The van der Waals surface area contributed by atoms with Crippen LogP contribution in [0.3, 0.4) is 0 Å². The number of nitrogens with one attached hydrogen (secondary N) is 1. The Kier molecular flexibility index (Phi) is 5.98. The molecule has 9 nitrogen and oxygen atoms in total. The third-order valence-corrected chi connectivity index (χ3v) is 5.85. The van der Waals surface area contributed by atoms with Crippen molar-refractivity contribution >= 4 is 41.0 Å². The van der Waals surface area contributed by atoms with Gasteiger partial charge in [-0.25, -0.2) is 9.59 Å². The largest absolute Gasteiger partial charge is 0.485 e. The van der Waals surface area contributed by atoms with Crippen molar-refractivity contribution < 1.29 is 29.3 Å². The molecule has 1 aromatic heterocycles. The summed E-state index contributed by atoms with van der Waals surface area (Å²) >= 11 is 11.9.